The number of unbranched alkanes of at least 4 members (excludes halogenated alkanes) is 1. The van der Waals surface area contributed by atoms with Crippen LogP contribution in [0, 0.1) is 11.3 Å². The SMILES string of the molecule is CC(=O)C(SCCCC#N)C(C)=O. The van der Waals surface area contributed by atoms with Gasteiger partial charge in [0.05, 0.1) is 6.07 Å². The highest BCUT2D eigenvalue weighted by Gasteiger charge is 2.18. The topological polar surface area (TPSA) is 57.9 Å². The first-order valence-electron chi connectivity index (χ1n) is 4.09. The molecule has 0 spiro atoms. The van der Waals surface area contributed by atoms with E-state index in [9.17, 15) is 9.59 Å². The van der Waals surface area contributed by atoms with E-state index in [0.29, 0.717) is 12.2 Å². The van der Waals surface area contributed by atoms with E-state index in [2.05, 4.69) is 0 Å². The molecule has 72 valence electrons. The van der Waals surface area contributed by atoms with Crippen molar-refractivity contribution in [3.8, 4) is 6.07 Å². The minimum atomic E-state index is -0.529. The number of nitriles is 1. The molecular formula is C9H13NO2S. The highest BCUT2D eigenvalue weighted by molar-refractivity contribution is 8.01. The lowest BCUT2D eigenvalue weighted by molar-refractivity contribution is -0.123. The van der Waals surface area contributed by atoms with E-state index in [-0.39, 0.29) is 11.6 Å². The maximum Gasteiger partial charge on any atom is 0.150 e. The summed E-state index contributed by atoms with van der Waals surface area (Å²) in [6, 6.07) is 2.02. The molecule has 0 aliphatic rings. The molecule has 0 unspecified atom stereocenters. The molecule has 0 aromatic rings. The number of rotatable bonds is 6. The molecule has 0 aromatic carbocycles. The first kappa shape index (κ1) is 12.2. The molecule has 0 atom stereocenters. The van der Waals surface area contributed by atoms with Gasteiger partial charge in [0.2, 0.25) is 0 Å². The molecule has 0 saturated carbocycles. The maximum absolute atomic E-state index is 10.9. The fraction of sp³-hybridized carbons (Fsp3) is 0.667. The average molecular weight is 199 g/mol. The zero-order valence-electron chi connectivity index (χ0n) is 7.87. The Morgan fingerprint density at radius 1 is 1.38 bits per heavy atom. The Hall–Kier alpha value is -0.820. The molecule has 0 heterocycles. The van der Waals surface area contributed by atoms with Crippen molar-refractivity contribution in [3.05, 3.63) is 0 Å². The van der Waals surface area contributed by atoms with Gasteiger partial charge in [-0.1, -0.05) is 0 Å². The quantitative estimate of drug-likeness (QED) is 0.481. The second kappa shape index (κ2) is 6.67. The molecule has 0 aliphatic carbocycles. The lowest BCUT2D eigenvalue weighted by Gasteiger charge is -2.08. The summed E-state index contributed by atoms with van der Waals surface area (Å²) < 4.78 is 0. The van der Waals surface area contributed by atoms with Crippen molar-refractivity contribution in [1.82, 2.24) is 0 Å². The van der Waals surface area contributed by atoms with Gasteiger partial charge in [-0.2, -0.15) is 5.26 Å². The summed E-state index contributed by atoms with van der Waals surface area (Å²) in [4.78, 5) is 21.9. The van der Waals surface area contributed by atoms with E-state index in [1.165, 1.54) is 25.6 Å². The second-order valence-electron chi connectivity index (χ2n) is 2.73. The predicted molar refractivity (Wildman–Crippen MR) is 52.5 cm³/mol. The third-order valence-electron chi connectivity index (χ3n) is 1.46. The van der Waals surface area contributed by atoms with Crippen LogP contribution < -0.4 is 0 Å². The lowest BCUT2D eigenvalue weighted by Crippen LogP contribution is -2.22. The van der Waals surface area contributed by atoms with E-state index in [0.717, 1.165) is 6.42 Å². The van der Waals surface area contributed by atoms with Gasteiger partial charge in [0.15, 0.2) is 0 Å². The number of hydrogen-bond donors (Lipinski definition) is 0. The van der Waals surface area contributed by atoms with Gasteiger partial charge in [-0.25, -0.2) is 0 Å². The van der Waals surface area contributed by atoms with E-state index in [1.807, 2.05) is 6.07 Å². The smallest absolute Gasteiger partial charge is 0.150 e. The molecule has 0 fully saturated rings. The number of nitrogens with zero attached hydrogens (tertiary/aromatic N) is 1. The third-order valence-corrected chi connectivity index (χ3v) is 2.98. The highest BCUT2D eigenvalue weighted by Crippen LogP contribution is 2.14. The van der Waals surface area contributed by atoms with Crippen molar-refractivity contribution in [2.24, 2.45) is 0 Å². The van der Waals surface area contributed by atoms with E-state index >= 15 is 0 Å². The molecule has 3 nitrogen and oxygen atoms in total. The van der Waals surface area contributed by atoms with Crippen LogP contribution in [0.4, 0.5) is 0 Å². The number of carbonyl (C=O) groups is 2. The molecule has 13 heavy (non-hydrogen) atoms. The Morgan fingerprint density at radius 3 is 2.31 bits per heavy atom. The number of thioether (sulfide) groups is 1. The Bertz CT molecular complexity index is 218. The van der Waals surface area contributed by atoms with Crippen molar-refractivity contribution in [2.75, 3.05) is 5.75 Å². The molecule has 0 rings (SSSR count). The Kier molecular flexibility index (Phi) is 6.25. The van der Waals surface area contributed by atoms with Crippen LogP contribution in [-0.4, -0.2) is 22.6 Å². The van der Waals surface area contributed by atoms with Gasteiger partial charge in [0.25, 0.3) is 0 Å². The van der Waals surface area contributed by atoms with Crippen molar-refractivity contribution in [2.45, 2.75) is 31.9 Å². The Labute approximate surface area is 82.5 Å². The van der Waals surface area contributed by atoms with Crippen molar-refractivity contribution in [1.29, 1.82) is 5.26 Å². The Morgan fingerprint density at radius 2 is 1.92 bits per heavy atom. The Balaban J connectivity index is 3.79. The van der Waals surface area contributed by atoms with Crippen LogP contribution >= 0.6 is 11.8 Å². The van der Waals surface area contributed by atoms with Crippen molar-refractivity contribution in [3.63, 3.8) is 0 Å². The van der Waals surface area contributed by atoms with Crippen molar-refractivity contribution >= 4 is 23.3 Å². The first-order valence-corrected chi connectivity index (χ1v) is 5.14. The van der Waals surface area contributed by atoms with Gasteiger partial charge >= 0.3 is 0 Å². The number of ketones is 2. The number of carbonyl (C=O) groups excluding carboxylic acids is 2. The summed E-state index contributed by atoms with van der Waals surface area (Å²) in [6.07, 6.45) is 1.22. The standard InChI is InChI=1S/C9H13NO2S/c1-7(11)9(8(2)12)13-6-4-3-5-10/h9H,3-4,6H2,1-2H3. The second-order valence-corrected chi connectivity index (χ2v) is 3.95. The van der Waals surface area contributed by atoms with E-state index < -0.39 is 5.25 Å². The largest absolute Gasteiger partial charge is 0.298 e. The fourth-order valence-corrected chi connectivity index (χ4v) is 1.89. The summed E-state index contributed by atoms with van der Waals surface area (Å²) in [6.45, 7) is 2.84. The van der Waals surface area contributed by atoms with Crippen LogP contribution in [0.25, 0.3) is 0 Å². The van der Waals surface area contributed by atoms with E-state index in [4.69, 9.17) is 5.26 Å². The van der Waals surface area contributed by atoms with Gasteiger partial charge in [0.1, 0.15) is 16.8 Å². The number of hydrogen-bond acceptors (Lipinski definition) is 4. The monoisotopic (exact) mass is 199 g/mol. The minimum absolute atomic E-state index is 0.102. The highest BCUT2D eigenvalue weighted by atomic mass is 32.2. The minimum Gasteiger partial charge on any atom is -0.298 e. The van der Waals surface area contributed by atoms with E-state index in [1.54, 1.807) is 0 Å². The van der Waals surface area contributed by atoms with Gasteiger partial charge in [-0.05, 0) is 26.0 Å². The van der Waals surface area contributed by atoms with Crippen LogP contribution in [0.1, 0.15) is 26.7 Å². The van der Waals surface area contributed by atoms with Gasteiger partial charge in [-0.3, -0.25) is 9.59 Å². The summed E-state index contributed by atoms with van der Waals surface area (Å²) in [5.74, 6) is 0.487. The molecule has 0 radical (unpaired) electrons. The first-order chi connectivity index (χ1) is 6.09. The van der Waals surface area contributed by atoms with Crippen LogP contribution in [0.2, 0.25) is 0 Å². The van der Waals surface area contributed by atoms with Crippen LogP contribution in [0.15, 0.2) is 0 Å². The van der Waals surface area contributed by atoms with Gasteiger partial charge in [0, 0.05) is 6.42 Å². The van der Waals surface area contributed by atoms with Gasteiger partial charge < -0.3 is 0 Å². The zero-order chi connectivity index (χ0) is 10.3. The maximum atomic E-state index is 10.9. The molecule has 0 bridgehead atoms. The summed E-state index contributed by atoms with van der Waals surface area (Å²) >= 11 is 1.33. The molecule has 0 aromatic heterocycles. The average Bonchev–Trinajstić information content (AvgIpc) is 2.02. The van der Waals surface area contributed by atoms with Gasteiger partial charge in [-0.15, -0.1) is 11.8 Å². The normalized spacial score (nSPS) is 9.69. The molecular weight excluding hydrogens is 186 g/mol. The van der Waals surface area contributed by atoms with Crippen LogP contribution in [0.3, 0.4) is 0 Å². The number of Topliss-reactive ketones (excluding diaryl/α,β-unsaturated/α-hetero) is 2. The predicted octanol–water partition coefficient (Wildman–Crippen LogP) is 1.57. The molecule has 4 heteroatoms. The summed E-state index contributed by atoms with van der Waals surface area (Å²) in [7, 11) is 0. The summed E-state index contributed by atoms with van der Waals surface area (Å²) in [5.41, 5.74) is 0. The molecule has 0 amide bonds. The lowest BCUT2D eigenvalue weighted by atomic mass is 10.2. The molecule has 0 aliphatic heterocycles. The zero-order valence-corrected chi connectivity index (χ0v) is 8.69. The fourth-order valence-electron chi connectivity index (χ4n) is 0.873. The third kappa shape index (κ3) is 5.42. The van der Waals surface area contributed by atoms with Crippen molar-refractivity contribution < 1.29 is 9.59 Å². The van der Waals surface area contributed by atoms with Crippen LogP contribution in [0.5, 0.6) is 0 Å². The van der Waals surface area contributed by atoms with Crippen LogP contribution in [-0.2, 0) is 9.59 Å². The molecule has 0 saturated heterocycles. The molecule has 0 N–H and O–H groups in total. The summed E-state index contributed by atoms with van der Waals surface area (Å²) in [5, 5.41) is 7.73.